The largest absolute Gasteiger partial charge is 0.468 e. The molecule has 0 aliphatic heterocycles. The minimum Gasteiger partial charge on any atom is -0.468 e. The highest BCUT2D eigenvalue weighted by molar-refractivity contribution is 5.76. The highest BCUT2D eigenvalue weighted by atomic mass is 19.1. The molecule has 0 aromatic heterocycles. The normalized spacial score (nSPS) is 13.1. The van der Waals surface area contributed by atoms with Crippen molar-refractivity contribution in [2.75, 3.05) is 7.11 Å². The zero-order valence-electron chi connectivity index (χ0n) is 16.2. The van der Waals surface area contributed by atoms with Crippen molar-refractivity contribution in [1.29, 1.82) is 0 Å². The molecule has 29 heavy (non-hydrogen) atoms. The molecule has 3 aromatic rings. The molecule has 0 fully saturated rings. The van der Waals surface area contributed by atoms with Gasteiger partial charge in [-0.2, -0.15) is 0 Å². The first kappa shape index (κ1) is 20.7. The molecule has 0 aliphatic carbocycles. The molecule has 0 radical (unpaired) electrons. The molecule has 150 valence electrons. The van der Waals surface area contributed by atoms with Crippen molar-refractivity contribution in [1.82, 2.24) is 4.90 Å². The predicted molar refractivity (Wildman–Crippen MR) is 109 cm³/mol. The average Bonchev–Trinajstić information content (AvgIpc) is 2.75. The van der Waals surface area contributed by atoms with E-state index in [1.807, 2.05) is 65.6 Å². The first-order valence-electron chi connectivity index (χ1n) is 9.42. The van der Waals surface area contributed by atoms with Crippen molar-refractivity contribution in [3.05, 3.63) is 107 Å². The number of methoxy groups -OCH3 is 1. The first-order chi connectivity index (χ1) is 14.1. The summed E-state index contributed by atoms with van der Waals surface area (Å²) in [5.74, 6) is -1.18. The molecule has 0 heterocycles. The lowest BCUT2D eigenvalue weighted by Crippen LogP contribution is -2.45. The van der Waals surface area contributed by atoms with Crippen LogP contribution in [0.15, 0.2) is 84.9 Å². The maximum atomic E-state index is 14.4. The molecule has 0 unspecified atom stereocenters. The molecule has 0 spiro atoms. The summed E-state index contributed by atoms with van der Waals surface area (Å²) in [6, 6.07) is 24.1. The highest BCUT2D eigenvalue weighted by Gasteiger charge is 2.36. The number of nitrogens with zero attached hydrogens (tertiary/aromatic N) is 1. The van der Waals surface area contributed by atoms with Crippen molar-refractivity contribution in [2.24, 2.45) is 0 Å². The number of ether oxygens (including phenoxy) is 1. The summed E-state index contributed by atoms with van der Waals surface area (Å²) in [6.45, 7) is 0.780. The van der Waals surface area contributed by atoms with Gasteiger partial charge in [-0.25, -0.2) is 4.39 Å². The van der Waals surface area contributed by atoms with Gasteiger partial charge in [-0.05, 0) is 17.2 Å². The Hall–Kier alpha value is -3.02. The third-order valence-corrected chi connectivity index (χ3v) is 4.82. The van der Waals surface area contributed by atoms with Crippen LogP contribution in [0.2, 0.25) is 0 Å². The number of hydrogen-bond acceptors (Lipinski definition) is 4. The van der Waals surface area contributed by atoms with Crippen molar-refractivity contribution in [3.63, 3.8) is 0 Å². The van der Waals surface area contributed by atoms with Crippen molar-refractivity contribution in [3.8, 4) is 0 Å². The smallest absolute Gasteiger partial charge is 0.326 e. The van der Waals surface area contributed by atoms with Crippen LogP contribution >= 0.6 is 0 Å². The molecule has 0 aliphatic rings. The Labute approximate surface area is 170 Å². The van der Waals surface area contributed by atoms with Crippen LogP contribution in [0, 0.1) is 5.82 Å². The monoisotopic (exact) mass is 393 g/mol. The number of halogens is 1. The number of aliphatic hydroxyl groups is 1. The fraction of sp³-hybridized carbons (Fsp3) is 0.208. The third-order valence-electron chi connectivity index (χ3n) is 4.82. The third kappa shape index (κ3) is 5.28. The molecule has 4 nitrogen and oxygen atoms in total. The fourth-order valence-corrected chi connectivity index (χ4v) is 3.37. The van der Waals surface area contributed by atoms with Gasteiger partial charge < -0.3 is 9.84 Å². The van der Waals surface area contributed by atoms with E-state index in [0.29, 0.717) is 13.1 Å². The minimum atomic E-state index is -1.38. The van der Waals surface area contributed by atoms with Crippen LogP contribution in [0.25, 0.3) is 0 Å². The Morgan fingerprint density at radius 2 is 1.38 bits per heavy atom. The maximum absolute atomic E-state index is 14.4. The maximum Gasteiger partial charge on any atom is 0.326 e. The summed E-state index contributed by atoms with van der Waals surface area (Å²) < 4.78 is 19.3. The van der Waals surface area contributed by atoms with E-state index in [-0.39, 0.29) is 5.56 Å². The van der Waals surface area contributed by atoms with E-state index in [2.05, 4.69) is 0 Å². The number of carbonyl (C=O) groups excluding carboxylic acids is 1. The van der Waals surface area contributed by atoms with Crippen LogP contribution in [0.4, 0.5) is 4.39 Å². The van der Waals surface area contributed by atoms with E-state index in [9.17, 15) is 14.3 Å². The van der Waals surface area contributed by atoms with Gasteiger partial charge in [0.05, 0.1) is 7.11 Å². The molecule has 2 atom stereocenters. The molecule has 3 rings (SSSR count). The topological polar surface area (TPSA) is 49.8 Å². The number of rotatable bonds is 8. The second kappa shape index (κ2) is 9.96. The van der Waals surface area contributed by atoms with Crippen LogP contribution in [-0.2, 0) is 22.6 Å². The number of carbonyl (C=O) groups is 1. The average molecular weight is 393 g/mol. The quantitative estimate of drug-likeness (QED) is 0.586. The Balaban J connectivity index is 1.99. The number of benzene rings is 3. The van der Waals surface area contributed by atoms with Gasteiger partial charge in [0, 0.05) is 18.7 Å². The number of hydrogen-bond donors (Lipinski definition) is 1. The SMILES string of the molecule is COC(=O)[C@@H]([C@@H](O)c1ccccc1F)N(Cc1ccccc1)Cc1ccccc1. The summed E-state index contributed by atoms with van der Waals surface area (Å²) in [5, 5.41) is 11.0. The molecule has 0 saturated heterocycles. The zero-order chi connectivity index (χ0) is 20.6. The van der Waals surface area contributed by atoms with Crippen LogP contribution in [0.1, 0.15) is 22.8 Å². The van der Waals surface area contributed by atoms with Crippen molar-refractivity contribution < 1.29 is 19.0 Å². The Morgan fingerprint density at radius 3 is 1.86 bits per heavy atom. The van der Waals surface area contributed by atoms with Gasteiger partial charge in [0.15, 0.2) is 0 Å². The Morgan fingerprint density at radius 1 is 0.897 bits per heavy atom. The standard InChI is InChI=1S/C24H24FNO3/c1-29-24(28)22(23(27)20-14-8-9-15-21(20)25)26(16-18-10-4-2-5-11-18)17-19-12-6-3-7-13-19/h2-15,22-23,27H,16-17H2,1H3/t22-,23+/m1/s1. The van der Waals surface area contributed by atoms with Gasteiger partial charge in [-0.15, -0.1) is 0 Å². The fourth-order valence-electron chi connectivity index (χ4n) is 3.37. The summed E-state index contributed by atoms with van der Waals surface area (Å²) >= 11 is 0. The molecule has 0 amide bonds. The second-order valence-corrected chi connectivity index (χ2v) is 6.81. The molecule has 3 aromatic carbocycles. The van der Waals surface area contributed by atoms with Crippen LogP contribution in [0.5, 0.6) is 0 Å². The molecule has 0 bridgehead atoms. The van der Waals surface area contributed by atoms with E-state index < -0.39 is 23.9 Å². The molecular formula is C24H24FNO3. The first-order valence-corrected chi connectivity index (χ1v) is 9.42. The molecule has 1 N–H and O–H groups in total. The van der Waals surface area contributed by atoms with Crippen molar-refractivity contribution in [2.45, 2.75) is 25.2 Å². The summed E-state index contributed by atoms with van der Waals surface area (Å²) in [5.41, 5.74) is 2.00. The molecule has 5 heteroatoms. The van der Waals surface area contributed by atoms with E-state index >= 15 is 0 Å². The zero-order valence-corrected chi connectivity index (χ0v) is 16.2. The van der Waals surface area contributed by atoms with Gasteiger partial charge in [-0.1, -0.05) is 78.9 Å². The summed E-state index contributed by atoms with van der Waals surface area (Å²) in [4.78, 5) is 14.5. The highest BCUT2D eigenvalue weighted by Crippen LogP contribution is 2.27. The van der Waals surface area contributed by atoms with E-state index in [4.69, 9.17) is 4.74 Å². The predicted octanol–water partition coefficient (Wildman–Crippen LogP) is 4.10. The Kier molecular flexibility index (Phi) is 7.11. The van der Waals surface area contributed by atoms with Crippen LogP contribution in [0.3, 0.4) is 0 Å². The van der Waals surface area contributed by atoms with Crippen molar-refractivity contribution >= 4 is 5.97 Å². The lowest BCUT2D eigenvalue weighted by atomic mass is 9.99. The van der Waals surface area contributed by atoms with Gasteiger partial charge in [0.1, 0.15) is 18.0 Å². The minimum absolute atomic E-state index is 0.0639. The lowest BCUT2D eigenvalue weighted by molar-refractivity contribution is -0.152. The van der Waals surface area contributed by atoms with Crippen LogP contribution in [-0.4, -0.2) is 29.1 Å². The van der Waals surface area contributed by atoms with Gasteiger partial charge in [-0.3, -0.25) is 9.69 Å². The van der Waals surface area contributed by atoms with E-state index in [0.717, 1.165) is 11.1 Å². The van der Waals surface area contributed by atoms with Gasteiger partial charge in [0.2, 0.25) is 0 Å². The summed E-state index contributed by atoms with van der Waals surface area (Å²) in [6.07, 6.45) is -1.38. The molecule has 0 saturated carbocycles. The Bertz CT molecular complexity index is 876. The van der Waals surface area contributed by atoms with Gasteiger partial charge >= 0.3 is 5.97 Å². The number of esters is 1. The van der Waals surface area contributed by atoms with E-state index in [1.165, 1.54) is 19.2 Å². The second-order valence-electron chi connectivity index (χ2n) is 6.81. The lowest BCUT2D eigenvalue weighted by Gasteiger charge is -2.33. The molecular weight excluding hydrogens is 369 g/mol. The number of aliphatic hydroxyl groups excluding tert-OH is 1. The van der Waals surface area contributed by atoms with Gasteiger partial charge in [0.25, 0.3) is 0 Å². The van der Waals surface area contributed by atoms with E-state index in [1.54, 1.807) is 12.1 Å². The van der Waals surface area contributed by atoms with Crippen LogP contribution < -0.4 is 0 Å². The summed E-state index contributed by atoms with van der Waals surface area (Å²) in [7, 11) is 1.27.